The third kappa shape index (κ3) is 5.38. The van der Waals surface area contributed by atoms with Crippen molar-refractivity contribution in [3.05, 3.63) is 36.2 Å². The Morgan fingerprint density at radius 2 is 1.93 bits per heavy atom. The van der Waals surface area contributed by atoms with Gasteiger partial charge in [-0.3, -0.25) is 9.59 Å². The summed E-state index contributed by atoms with van der Waals surface area (Å²) in [5.74, 6) is -0.744. The number of morpholine rings is 1. The van der Waals surface area contributed by atoms with Crippen LogP contribution < -0.4 is 5.32 Å². The molecule has 10 heteroatoms. The van der Waals surface area contributed by atoms with Gasteiger partial charge in [0.1, 0.15) is 0 Å². The van der Waals surface area contributed by atoms with E-state index in [2.05, 4.69) is 15.5 Å². The average Bonchev–Trinajstić information content (AvgIpc) is 3.27. The highest BCUT2D eigenvalue weighted by molar-refractivity contribution is 5.98. The Bertz CT molecular complexity index is 847. The van der Waals surface area contributed by atoms with Crippen LogP contribution in [0.1, 0.15) is 24.0 Å². The maximum absolute atomic E-state index is 12.6. The Hall–Kier alpha value is -3.27. The molecule has 1 fully saturated rings. The van der Waals surface area contributed by atoms with Gasteiger partial charge >= 0.3 is 6.09 Å². The van der Waals surface area contributed by atoms with E-state index in [0.717, 1.165) is 0 Å². The molecular weight excluding hydrogens is 380 g/mol. The monoisotopic (exact) mass is 402 g/mol. The maximum atomic E-state index is 12.6. The number of ether oxygens (including phenoxy) is 2. The molecule has 3 rings (SSSR count). The van der Waals surface area contributed by atoms with E-state index >= 15 is 0 Å². The highest BCUT2D eigenvalue weighted by Crippen LogP contribution is 2.17. The second kappa shape index (κ2) is 9.78. The highest BCUT2D eigenvalue weighted by Gasteiger charge is 2.26. The summed E-state index contributed by atoms with van der Waals surface area (Å²) in [6.07, 6.45) is -0.570. The normalized spacial score (nSPS) is 14.9. The van der Waals surface area contributed by atoms with Gasteiger partial charge in [-0.05, 0) is 18.6 Å². The molecular formula is C19H22N4O6. The Morgan fingerprint density at radius 3 is 2.62 bits per heavy atom. The number of alkyl carbamates (subject to hydrolysis) is 1. The fourth-order valence-electron chi connectivity index (χ4n) is 2.75. The number of rotatable bonds is 7. The number of nitrogens with one attached hydrogen (secondary N) is 1. The molecule has 29 heavy (non-hydrogen) atoms. The van der Waals surface area contributed by atoms with Crippen LogP contribution in [0.25, 0.3) is 11.5 Å². The van der Waals surface area contributed by atoms with Gasteiger partial charge in [0.25, 0.3) is 11.8 Å². The van der Waals surface area contributed by atoms with E-state index in [0.29, 0.717) is 38.3 Å². The molecule has 1 saturated heterocycles. The first kappa shape index (κ1) is 20.5. The van der Waals surface area contributed by atoms with Crippen LogP contribution in [0.3, 0.4) is 0 Å². The fraction of sp³-hybridized carbons (Fsp3) is 0.421. The summed E-state index contributed by atoms with van der Waals surface area (Å²) in [4.78, 5) is 42.3. The third-order valence-electron chi connectivity index (χ3n) is 4.37. The molecule has 1 N–H and O–H groups in total. The molecule has 0 saturated carbocycles. The minimum atomic E-state index is -0.901. The van der Waals surface area contributed by atoms with Crippen molar-refractivity contribution in [2.75, 3.05) is 32.9 Å². The first-order valence-corrected chi connectivity index (χ1v) is 9.30. The van der Waals surface area contributed by atoms with E-state index in [1.54, 1.807) is 24.0 Å². The number of hydrogen-bond donors (Lipinski definition) is 1. The van der Waals surface area contributed by atoms with Crippen LogP contribution in [0.5, 0.6) is 0 Å². The number of ketones is 1. The SMILES string of the molecule is CCC(NC(=O)OCC(=O)N1CCOCC1)C(=O)c1noc(-c2ccccc2)n1. The topological polar surface area (TPSA) is 124 Å². The zero-order valence-corrected chi connectivity index (χ0v) is 16.0. The van der Waals surface area contributed by atoms with E-state index in [1.807, 2.05) is 18.2 Å². The highest BCUT2D eigenvalue weighted by atomic mass is 16.6. The zero-order chi connectivity index (χ0) is 20.6. The summed E-state index contributed by atoms with van der Waals surface area (Å²) in [5, 5.41) is 6.15. The van der Waals surface area contributed by atoms with E-state index < -0.39 is 24.5 Å². The molecule has 2 amide bonds. The van der Waals surface area contributed by atoms with E-state index in [9.17, 15) is 14.4 Å². The lowest BCUT2D eigenvalue weighted by Gasteiger charge is -2.26. The molecule has 1 aliphatic rings. The largest absolute Gasteiger partial charge is 0.439 e. The predicted octanol–water partition coefficient (Wildman–Crippen LogP) is 1.28. The lowest BCUT2D eigenvalue weighted by Crippen LogP contribution is -2.45. The molecule has 154 valence electrons. The number of Topliss-reactive ketones (excluding diaryl/α,β-unsaturated/α-hetero) is 1. The van der Waals surface area contributed by atoms with Gasteiger partial charge in [-0.25, -0.2) is 4.79 Å². The molecule has 10 nitrogen and oxygen atoms in total. The molecule has 0 radical (unpaired) electrons. The summed E-state index contributed by atoms with van der Waals surface area (Å²) in [6.45, 7) is 3.15. The molecule has 2 heterocycles. The predicted molar refractivity (Wildman–Crippen MR) is 100 cm³/mol. The Kier molecular flexibility index (Phi) is 6.90. The zero-order valence-electron chi connectivity index (χ0n) is 16.0. The summed E-state index contributed by atoms with van der Waals surface area (Å²) >= 11 is 0. The second-order valence-electron chi connectivity index (χ2n) is 6.33. The van der Waals surface area contributed by atoms with Gasteiger partial charge in [0.05, 0.1) is 19.3 Å². The summed E-state index contributed by atoms with van der Waals surface area (Å²) < 4.78 is 15.3. The first-order valence-electron chi connectivity index (χ1n) is 9.30. The number of benzene rings is 1. The van der Waals surface area contributed by atoms with E-state index in [-0.39, 0.29) is 17.6 Å². The van der Waals surface area contributed by atoms with E-state index in [4.69, 9.17) is 14.0 Å². The average molecular weight is 402 g/mol. The standard InChI is InChI=1S/C19H22N4O6/c1-2-14(20-19(26)28-12-15(24)23-8-10-27-11-9-23)16(25)17-21-18(29-22-17)13-6-4-3-5-7-13/h3-7,14H,2,8-12H2,1H3,(H,20,26). The van der Waals surface area contributed by atoms with Gasteiger partial charge in [0.2, 0.25) is 11.6 Å². The van der Waals surface area contributed by atoms with Crippen molar-refractivity contribution in [2.24, 2.45) is 0 Å². The number of carbonyl (C=O) groups excluding carboxylic acids is 3. The van der Waals surface area contributed by atoms with Crippen molar-refractivity contribution in [3.63, 3.8) is 0 Å². The van der Waals surface area contributed by atoms with Crippen molar-refractivity contribution < 1.29 is 28.4 Å². The van der Waals surface area contributed by atoms with Crippen molar-refractivity contribution in [3.8, 4) is 11.5 Å². The molecule has 1 aromatic carbocycles. The molecule has 1 atom stereocenters. The van der Waals surface area contributed by atoms with Crippen LogP contribution in [0.15, 0.2) is 34.9 Å². The van der Waals surface area contributed by atoms with Crippen LogP contribution >= 0.6 is 0 Å². The van der Waals surface area contributed by atoms with Crippen LogP contribution in [-0.2, 0) is 14.3 Å². The van der Waals surface area contributed by atoms with Crippen LogP contribution in [0, 0.1) is 0 Å². The van der Waals surface area contributed by atoms with Gasteiger partial charge in [-0.1, -0.05) is 30.3 Å². The molecule has 0 aliphatic carbocycles. The summed E-state index contributed by atoms with van der Waals surface area (Å²) in [7, 11) is 0. The lowest BCUT2D eigenvalue weighted by molar-refractivity contribution is -0.138. The van der Waals surface area contributed by atoms with Gasteiger partial charge in [0.15, 0.2) is 6.61 Å². The number of aromatic nitrogens is 2. The third-order valence-corrected chi connectivity index (χ3v) is 4.37. The number of nitrogens with zero attached hydrogens (tertiary/aromatic N) is 3. The molecule has 0 bridgehead atoms. The van der Waals surface area contributed by atoms with Gasteiger partial charge in [-0.2, -0.15) is 4.98 Å². The van der Waals surface area contributed by atoms with Crippen molar-refractivity contribution in [1.29, 1.82) is 0 Å². The lowest BCUT2D eigenvalue weighted by atomic mass is 10.1. The van der Waals surface area contributed by atoms with Crippen molar-refractivity contribution in [1.82, 2.24) is 20.4 Å². The van der Waals surface area contributed by atoms with Crippen molar-refractivity contribution in [2.45, 2.75) is 19.4 Å². The van der Waals surface area contributed by atoms with Gasteiger partial charge in [0, 0.05) is 18.7 Å². The van der Waals surface area contributed by atoms with Crippen molar-refractivity contribution >= 4 is 17.8 Å². The first-order chi connectivity index (χ1) is 14.1. The molecule has 1 aromatic heterocycles. The minimum Gasteiger partial charge on any atom is -0.439 e. The fourth-order valence-corrected chi connectivity index (χ4v) is 2.75. The van der Waals surface area contributed by atoms with Gasteiger partial charge in [-0.15, -0.1) is 0 Å². The summed E-state index contributed by atoms with van der Waals surface area (Å²) in [5.41, 5.74) is 0.682. The molecule has 1 unspecified atom stereocenters. The minimum absolute atomic E-state index is 0.139. The number of carbonyl (C=O) groups is 3. The molecule has 1 aliphatic heterocycles. The number of amides is 2. The molecule has 0 spiro atoms. The Balaban J connectivity index is 1.53. The van der Waals surface area contributed by atoms with Crippen LogP contribution in [-0.4, -0.2) is 71.8 Å². The molecule has 2 aromatic rings. The Morgan fingerprint density at radius 1 is 1.21 bits per heavy atom. The van der Waals surface area contributed by atoms with Gasteiger partial charge < -0.3 is 24.2 Å². The second-order valence-corrected chi connectivity index (χ2v) is 6.33. The number of hydrogen-bond acceptors (Lipinski definition) is 8. The summed E-state index contributed by atoms with van der Waals surface area (Å²) in [6, 6.07) is 8.12. The smallest absolute Gasteiger partial charge is 0.408 e. The Labute approximate surface area is 167 Å². The van der Waals surface area contributed by atoms with Crippen LogP contribution in [0.4, 0.5) is 4.79 Å². The quantitative estimate of drug-likeness (QED) is 0.687. The maximum Gasteiger partial charge on any atom is 0.408 e. The van der Waals surface area contributed by atoms with Crippen LogP contribution in [0.2, 0.25) is 0 Å². The van der Waals surface area contributed by atoms with E-state index in [1.165, 1.54) is 0 Å².